The lowest BCUT2D eigenvalue weighted by Crippen LogP contribution is -2.70. The van der Waals surface area contributed by atoms with Gasteiger partial charge in [0.15, 0.2) is 11.7 Å². The highest BCUT2D eigenvalue weighted by Crippen LogP contribution is 2.83. The molecule has 4 heterocycles. The molecule has 8 aliphatic rings. The second-order valence-electron chi connectivity index (χ2n) is 13.8. The lowest BCUT2D eigenvalue weighted by Gasteiger charge is -2.53. The van der Waals surface area contributed by atoms with Crippen LogP contribution >= 0.6 is 0 Å². The van der Waals surface area contributed by atoms with E-state index in [9.17, 15) is 9.59 Å². The number of rotatable bonds is 4. The molecule has 4 aliphatic carbocycles. The molecule has 38 heavy (non-hydrogen) atoms. The Balaban J connectivity index is 1.10. The Morgan fingerprint density at radius 2 is 1.82 bits per heavy atom. The summed E-state index contributed by atoms with van der Waals surface area (Å²) in [7, 11) is 4.21. The number of carbonyl (C=O) groups is 2. The van der Waals surface area contributed by atoms with E-state index in [4.69, 9.17) is 28.4 Å². The van der Waals surface area contributed by atoms with E-state index < -0.39 is 29.1 Å². The normalized spacial score (nSPS) is 53.1. The second-order valence-corrected chi connectivity index (χ2v) is 13.8. The number of carbonyl (C=O) groups excluding carboxylic acids is 2. The van der Waals surface area contributed by atoms with Crippen LogP contribution in [0.4, 0.5) is 4.79 Å². The molecule has 3 saturated heterocycles. The standard InChI is InChI=1S/C29H39NO8/c1-14(2)27-21(37-27)22-29(38-22)26(3)11-10-17-18(13-33-23(17)31)19(26)12-20-28(29,36-20)24(27)35-25(32)34-16-8-6-15(7-9-16)30(4)5/h14-16,19-22,24H,6-13H2,1-5H3/t15?,16?,19-,20-,21-,22+,24+,26-,27+,28+,29+/m0/s1. The first kappa shape index (κ1) is 24.1. The van der Waals surface area contributed by atoms with Crippen LogP contribution in [-0.2, 0) is 33.2 Å². The quantitative estimate of drug-likeness (QED) is 0.401. The summed E-state index contributed by atoms with van der Waals surface area (Å²) in [5, 5.41) is 0. The van der Waals surface area contributed by atoms with Gasteiger partial charge in [-0.25, -0.2) is 9.59 Å². The van der Waals surface area contributed by atoms with Gasteiger partial charge >= 0.3 is 12.1 Å². The van der Waals surface area contributed by atoms with Gasteiger partial charge in [-0.05, 0) is 76.5 Å². The van der Waals surface area contributed by atoms with Crippen molar-refractivity contribution >= 4 is 12.1 Å². The van der Waals surface area contributed by atoms with Crippen molar-refractivity contribution in [3.8, 4) is 0 Å². The predicted molar refractivity (Wildman–Crippen MR) is 132 cm³/mol. The largest absolute Gasteiger partial charge is 0.509 e. The Morgan fingerprint density at radius 1 is 1.05 bits per heavy atom. The number of hydrogen-bond donors (Lipinski definition) is 0. The molecule has 0 unspecified atom stereocenters. The van der Waals surface area contributed by atoms with Crippen molar-refractivity contribution in [2.75, 3.05) is 20.7 Å². The number of epoxide rings is 3. The van der Waals surface area contributed by atoms with Crippen LogP contribution in [0.25, 0.3) is 0 Å². The van der Waals surface area contributed by atoms with Gasteiger partial charge in [0, 0.05) is 17.0 Å². The van der Waals surface area contributed by atoms with Crippen molar-refractivity contribution in [3.05, 3.63) is 11.1 Å². The minimum atomic E-state index is -0.747. The summed E-state index contributed by atoms with van der Waals surface area (Å²) >= 11 is 0. The summed E-state index contributed by atoms with van der Waals surface area (Å²) in [5.41, 5.74) is -0.267. The number of fused-ring (bicyclic) bond motifs is 4. The van der Waals surface area contributed by atoms with E-state index in [0.717, 1.165) is 49.7 Å². The van der Waals surface area contributed by atoms with E-state index in [-0.39, 0.29) is 47.6 Å². The highest BCUT2D eigenvalue weighted by atomic mass is 16.8. The van der Waals surface area contributed by atoms with Crippen LogP contribution in [0.1, 0.15) is 65.7 Å². The molecular formula is C29H39NO8. The van der Waals surface area contributed by atoms with Crippen LogP contribution in [0.5, 0.6) is 0 Å². The first-order valence-electron chi connectivity index (χ1n) is 14.6. The van der Waals surface area contributed by atoms with Crippen LogP contribution in [0.3, 0.4) is 0 Å². The monoisotopic (exact) mass is 529 g/mol. The van der Waals surface area contributed by atoms with Crippen molar-refractivity contribution in [2.24, 2.45) is 17.3 Å². The molecule has 0 N–H and O–H groups in total. The lowest BCUT2D eigenvalue weighted by atomic mass is 9.46. The fourth-order valence-electron chi connectivity index (χ4n) is 9.78. The van der Waals surface area contributed by atoms with Crippen LogP contribution in [-0.4, -0.2) is 91.1 Å². The van der Waals surface area contributed by atoms with Gasteiger partial charge in [-0.1, -0.05) is 20.8 Å². The maximum Gasteiger partial charge on any atom is 0.509 e. The zero-order valence-electron chi connectivity index (χ0n) is 23.0. The first-order valence-corrected chi connectivity index (χ1v) is 14.6. The zero-order valence-corrected chi connectivity index (χ0v) is 23.0. The maximum atomic E-state index is 13.4. The SMILES string of the molecule is CC(C)[C@@]12O[C@H]1[C@H]1O[C@]13[C@]1(O[C@H]1C[C@H]1C4=C(CC[C@@]13C)C(=O)OC4)[C@@H]2OC(=O)OC1CCC(N(C)C)CC1. The summed E-state index contributed by atoms with van der Waals surface area (Å²) in [6, 6.07) is 0.528. The summed E-state index contributed by atoms with van der Waals surface area (Å²) in [6.07, 6.45) is 4.26. The van der Waals surface area contributed by atoms with Gasteiger partial charge in [-0.3, -0.25) is 0 Å². The zero-order chi connectivity index (χ0) is 26.4. The third-order valence-electron chi connectivity index (χ3n) is 11.9. The molecule has 9 heteroatoms. The maximum absolute atomic E-state index is 13.4. The molecule has 0 aromatic heterocycles. The minimum absolute atomic E-state index is 0.0972. The molecule has 9 atom stereocenters. The van der Waals surface area contributed by atoms with Crippen molar-refractivity contribution in [2.45, 2.75) is 119 Å². The predicted octanol–water partition coefficient (Wildman–Crippen LogP) is 3.14. The Hall–Kier alpha value is -1.68. The van der Waals surface area contributed by atoms with Crippen molar-refractivity contribution in [3.63, 3.8) is 0 Å². The molecule has 6 fully saturated rings. The molecule has 0 aromatic carbocycles. The third kappa shape index (κ3) is 2.63. The Morgan fingerprint density at radius 3 is 2.53 bits per heavy atom. The van der Waals surface area contributed by atoms with Gasteiger partial charge in [0.25, 0.3) is 0 Å². The van der Waals surface area contributed by atoms with Gasteiger partial charge in [-0.2, -0.15) is 0 Å². The smallest absolute Gasteiger partial charge is 0.458 e. The van der Waals surface area contributed by atoms with Gasteiger partial charge in [0.05, 0.1) is 6.10 Å². The van der Waals surface area contributed by atoms with E-state index in [1.54, 1.807) is 0 Å². The van der Waals surface area contributed by atoms with E-state index >= 15 is 0 Å². The van der Waals surface area contributed by atoms with E-state index in [1.807, 2.05) is 0 Å². The van der Waals surface area contributed by atoms with E-state index in [0.29, 0.717) is 19.1 Å². The van der Waals surface area contributed by atoms with E-state index in [2.05, 4.69) is 39.8 Å². The number of cyclic esters (lactones) is 1. The highest BCUT2D eigenvalue weighted by molar-refractivity contribution is 5.92. The molecule has 3 saturated carbocycles. The summed E-state index contributed by atoms with van der Waals surface area (Å²) in [4.78, 5) is 28.0. The van der Waals surface area contributed by atoms with Crippen LogP contribution in [0.2, 0.25) is 0 Å². The van der Waals surface area contributed by atoms with Crippen LogP contribution in [0.15, 0.2) is 11.1 Å². The Bertz CT molecular complexity index is 1140. The van der Waals surface area contributed by atoms with Gasteiger partial charge in [-0.15, -0.1) is 0 Å². The molecule has 2 spiro atoms. The molecule has 0 bridgehead atoms. The van der Waals surface area contributed by atoms with Gasteiger partial charge in [0.1, 0.15) is 36.1 Å². The minimum Gasteiger partial charge on any atom is -0.458 e. The summed E-state index contributed by atoms with van der Waals surface area (Å²) in [6.45, 7) is 6.90. The molecule has 4 aliphatic heterocycles. The summed E-state index contributed by atoms with van der Waals surface area (Å²) < 4.78 is 37.6. The Kier molecular flexibility index (Phi) is 4.66. The van der Waals surface area contributed by atoms with Gasteiger partial charge < -0.3 is 33.3 Å². The van der Waals surface area contributed by atoms with Crippen molar-refractivity contribution < 1.29 is 38.0 Å². The molecule has 0 amide bonds. The molecule has 0 aromatic rings. The molecule has 0 radical (unpaired) electrons. The van der Waals surface area contributed by atoms with Crippen molar-refractivity contribution in [1.82, 2.24) is 4.90 Å². The lowest BCUT2D eigenvalue weighted by molar-refractivity contribution is -0.136. The Labute approximate surface area is 223 Å². The average Bonchev–Trinajstić information content (AvgIpc) is 3.78. The van der Waals surface area contributed by atoms with Crippen molar-refractivity contribution in [1.29, 1.82) is 0 Å². The first-order chi connectivity index (χ1) is 18.1. The van der Waals surface area contributed by atoms with Crippen LogP contribution < -0.4 is 0 Å². The third-order valence-corrected chi connectivity index (χ3v) is 11.9. The molecular weight excluding hydrogens is 490 g/mol. The van der Waals surface area contributed by atoms with E-state index in [1.165, 1.54) is 0 Å². The number of nitrogens with zero attached hydrogens (tertiary/aromatic N) is 1. The average molecular weight is 530 g/mol. The fourth-order valence-corrected chi connectivity index (χ4v) is 9.78. The van der Waals surface area contributed by atoms with Gasteiger partial charge in [0.2, 0.25) is 0 Å². The molecule has 8 rings (SSSR count). The number of esters is 1. The second kappa shape index (κ2) is 7.33. The highest BCUT2D eigenvalue weighted by Gasteiger charge is 3.01. The molecule has 208 valence electrons. The summed E-state index contributed by atoms with van der Waals surface area (Å²) in [5.74, 6) is 0.0975. The fraction of sp³-hybridized carbons (Fsp3) is 0.862. The molecule has 9 nitrogen and oxygen atoms in total. The topological polar surface area (TPSA) is 103 Å². The van der Waals surface area contributed by atoms with Crippen LogP contribution in [0, 0.1) is 17.3 Å². The number of ether oxygens (including phenoxy) is 6. The number of hydrogen-bond acceptors (Lipinski definition) is 9.